The maximum Gasteiger partial charge on any atom is 0.226 e. The third-order valence-corrected chi connectivity index (χ3v) is 5.89. The summed E-state index contributed by atoms with van der Waals surface area (Å²) >= 11 is 0. The van der Waals surface area contributed by atoms with Gasteiger partial charge in [0.2, 0.25) is 5.95 Å². The van der Waals surface area contributed by atoms with E-state index in [0.717, 1.165) is 34.6 Å². The minimum Gasteiger partial charge on any atom is -0.508 e. The van der Waals surface area contributed by atoms with Crippen LogP contribution in [0.1, 0.15) is 38.3 Å². The molecule has 0 radical (unpaired) electrons. The number of hydrogen-bond donors (Lipinski definition) is 2. The second-order valence-electron chi connectivity index (χ2n) is 8.88. The van der Waals surface area contributed by atoms with Gasteiger partial charge in [0.15, 0.2) is 11.6 Å². The van der Waals surface area contributed by atoms with Gasteiger partial charge in [-0.15, -0.1) is 5.10 Å². The number of rotatable bonds is 3. The zero-order valence-corrected chi connectivity index (χ0v) is 17.7. The van der Waals surface area contributed by atoms with Crippen LogP contribution in [0.3, 0.4) is 0 Å². The second kappa shape index (κ2) is 6.97. The lowest BCUT2D eigenvalue weighted by molar-refractivity contribution is -0.118. The van der Waals surface area contributed by atoms with Crippen molar-refractivity contribution in [1.29, 1.82) is 0 Å². The predicted molar refractivity (Wildman–Crippen MR) is 117 cm³/mol. The van der Waals surface area contributed by atoms with Crippen LogP contribution in [-0.4, -0.2) is 32.8 Å². The first kappa shape index (κ1) is 19.4. The molecule has 0 saturated heterocycles. The molecule has 31 heavy (non-hydrogen) atoms. The van der Waals surface area contributed by atoms with E-state index in [1.807, 2.05) is 36.4 Å². The summed E-state index contributed by atoms with van der Waals surface area (Å²) in [7, 11) is 1.63. The number of ether oxygens (including phenoxy) is 1. The Hall–Kier alpha value is -3.61. The number of aromatic nitrogens is 3. The number of ketones is 1. The standard InChI is InChI=1S/C24H24N4O3/c1-24(2)12-18-20(19(30)13-24)21(14-4-8-16(29)9-5-14)28-23(25-18)26-22(27-28)15-6-10-17(31-3)11-7-15/h4-11,21,29H,12-13H2,1-3H3,(H,25,26,27). The second-order valence-corrected chi connectivity index (χ2v) is 8.88. The summed E-state index contributed by atoms with van der Waals surface area (Å²) in [4.78, 5) is 18.0. The molecule has 1 aliphatic heterocycles. The maximum absolute atomic E-state index is 13.2. The monoisotopic (exact) mass is 416 g/mol. The van der Waals surface area contributed by atoms with Gasteiger partial charge < -0.3 is 15.2 Å². The van der Waals surface area contributed by atoms with Gasteiger partial charge in [-0.2, -0.15) is 4.98 Å². The maximum atomic E-state index is 13.2. The number of anilines is 1. The van der Waals surface area contributed by atoms with Crippen LogP contribution in [0.4, 0.5) is 5.95 Å². The Bertz CT molecular complexity index is 1190. The molecule has 0 saturated carbocycles. The Labute approximate surface area is 180 Å². The molecule has 2 aromatic carbocycles. The first-order valence-electron chi connectivity index (χ1n) is 10.3. The molecule has 7 heteroatoms. The van der Waals surface area contributed by atoms with Crippen molar-refractivity contribution < 1.29 is 14.6 Å². The van der Waals surface area contributed by atoms with Crippen molar-refractivity contribution >= 4 is 11.7 Å². The molecule has 2 heterocycles. The fraction of sp³-hybridized carbons (Fsp3) is 0.292. The Morgan fingerprint density at radius 1 is 1.10 bits per heavy atom. The number of hydrogen-bond acceptors (Lipinski definition) is 6. The summed E-state index contributed by atoms with van der Waals surface area (Å²) < 4.78 is 7.02. The molecular weight excluding hydrogens is 392 g/mol. The highest BCUT2D eigenvalue weighted by Gasteiger charge is 2.41. The van der Waals surface area contributed by atoms with Gasteiger partial charge in [0.1, 0.15) is 17.5 Å². The molecular formula is C24H24N4O3. The molecule has 5 rings (SSSR count). The minimum absolute atomic E-state index is 0.115. The van der Waals surface area contributed by atoms with Crippen LogP contribution >= 0.6 is 0 Å². The highest BCUT2D eigenvalue weighted by atomic mass is 16.5. The van der Waals surface area contributed by atoms with Crippen LogP contribution in [0.5, 0.6) is 11.5 Å². The summed E-state index contributed by atoms with van der Waals surface area (Å²) in [6.45, 7) is 4.21. The molecule has 2 N–H and O–H groups in total. The number of carbonyl (C=O) groups is 1. The van der Waals surface area contributed by atoms with E-state index < -0.39 is 6.04 Å². The lowest BCUT2D eigenvalue weighted by Crippen LogP contribution is -2.36. The molecule has 0 bridgehead atoms. The molecule has 7 nitrogen and oxygen atoms in total. The van der Waals surface area contributed by atoms with Gasteiger partial charge in [-0.1, -0.05) is 26.0 Å². The van der Waals surface area contributed by atoms with E-state index in [0.29, 0.717) is 18.2 Å². The van der Waals surface area contributed by atoms with Crippen LogP contribution < -0.4 is 10.1 Å². The number of allylic oxidation sites excluding steroid dienone is 2. The number of aromatic hydroxyl groups is 1. The fourth-order valence-corrected chi connectivity index (χ4v) is 4.44. The highest BCUT2D eigenvalue weighted by Crippen LogP contribution is 2.45. The zero-order valence-electron chi connectivity index (χ0n) is 17.7. The van der Waals surface area contributed by atoms with Crippen molar-refractivity contribution in [3.05, 3.63) is 65.4 Å². The molecule has 158 valence electrons. The van der Waals surface area contributed by atoms with Gasteiger partial charge in [-0.05, 0) is 53.8 Å². The van der Waals surface area contributed by atoms with E-state index in [1.54, 1.807) is 23.9 Å². The van der Waals surface area contributed by atoms with Gasteiger partial charge in [0.05, 0.1) is 7.11 Å². The van der Waals surface area contributed by atoms with Crippen LogP contribution in [0.15, 0.2) is 59.8 Å². The van der Waals surface area contributed by atoms with E-state index >= 15 is 0 Å². The van der Waals surface area contributed by atoms with Crippen molar-refractivity contribution in [2.45, 2.75) is 32.7 Å². The number of nitrogens with zero attached hydrogens (tertiary/aromatic N) is 3. The molecule has 1 aromatic heterocycles. The van der Waals surface area contributed by atoms with E-state index in [2.05, 4.69) is 19.2 Å². The van der Waals surface area contributed by atoms with Crippen LogP contribution in [-0.2, 0) is 4.79 Å². The topological polar surface area (TPSA) is 89.3 Å². The number of Topliss-reactive ketones (excluding diaryl/α,β-unsaturated/α-hetero) is 1. The van der Waals surface area contributed by atoms with Gasteiger partial charge in [0, 0.05) is 23.3 Å². The average Bonchev–Trinajstić information content (AvgIpc) is 3.16. The lowest BCUT2D eigenvalue weighted by atomic mass is 9.73. The summed E-state index contributed by atoms with van der Waals surface area (Å²) in [5.41, 5.74) is 3.25. The van der Waals surface area contributed by atoms with Crippen LogP contribution in [0, 0.1) is 5.41 Å². The third kappa shape index (κ3) is 3.36. The van der Waals surface area contributed by atoms with Gasteiger partial charge in [0.25, 0.3) is 0 Å². The van der Waals surface area contributed by atoms with E-state index in [9.17, 15) is 9.90 Å². The van der Waals surface area contributed by atoms with Gasteiger partial charge >= 0.3 is 0 Å². The van der Waals surface area contributed by atoms with E-state index in [-0.39, 0.29) is 16.9 Å². The quantitative estimate of drug-likeness (QED) is 0.661. The summed E-state index contributed by atoms with van der Waals surface area (Å²) in [6, 6.07) is 14.1. The normalized spacial score (nSPS) is 19.5. The third-order valence-electron chi connectivity index (χ3n) is 5.89. The molecule has 1 unspecified atom stereocenters. The molecule has 2 aliphatic rings. The number of benzene rings is 2. The van der Waals surface area contributed by atoms with Crippen molar-refractivity contribution in [1.82, 2.24) is 14.8 Å². The number of phenols is 1. The minimum atomic E-state index is -0.394. The Kier molecular flexibility index (Phi) is 4.36. The molecule has 1 aliphatic carbocycles. The van der Waals surface area contributed by atoms with Crippen LogP contribution in [0.25, 0.3) is 11.4 Å². The van der Waals surface area contributed by atoms with Crippen molar-refractivity contribution in [3.8, 4) is 22.9 Å². The number of methoxy groups -OCH3 is 1. The molecule has 0 spiro atoms. The first-order valence-corrected chi connectivity index (χ1v) is 10.3. The summed E-state index contributed by atoms with van der Waals surface area (Å²) in [5, 5.41) is 17.9. The summed E-state index contributed by atoms with van der Waals surface area (Å²) in [6.07, 6.45) is 1.24. The Morgan fingerprint density at radius 2 is 1.81 bits per heavy atom. The fourth-order valence-electron chi connectivity index (χ4n) is 4.44. The SMILES string of the molecule is COc1ccc(-c2nc3n(n2)C(c2ccc(O)cc2)C2=C(CC(C)(C)CC2=O)N3)cc1. The molecule has 3 aromatic rings. The van der Waals surface area contributed by atoms with Gasteiger partial charge in [-0.3, -0.25) is 4.79 Å². The molecule has 1 atom stereocenters. The van der Waals surface area contributed by atoms with Gasteiger partial charge in [-0.25, -0.2) is 4.68 Å². The van der Waals surface area contributed by atoms with E-state index in [4.69, 9.17) is 14.8 Å². The lowest BCUT2D eigenvalue weighted by Gasteiger charge is -2.38. The summed E-state index contributed by atoms with van der Waals surface area (Å²) in [5.74, 6) is 2.23. The first-order chi connectivity index (χ1) is 14.8. The van der Waals surface area contributed by atoms with Crippen molar-refractivity contribution in [2.24, 2.45) is 5.41 Å². The Morgan fingerprint density at radius 3 is 2.48 bits per heavy atom. The molecule has 0 fully saturated rings. The number of fused-ring (bicyclic) bond motifs is 1. The smallest absolute Gasteiger partial charge is 0.226 e. The number of carbonyl (C=O) groups excluding carboxylic acids is 1. The average molecular weight is 416 g/mol. The van der Waals surface area contributed by atoms with Crippen molar-refractivity contribution in [2.75, 3.05) is 12.4 Å². The van der Waals surface area contributed by atoms with Crippen LogP contribution in [0.2, 0.25) is 0 Å². The van der Waals surface area contributed by atoms with E-state index in [1.165, 1.54) is 0 Å². The highest BCUT2D eigenvalue weighted by molar-refractivity contribution is 6.00. The number of nitrogens with one attached hydrogen (secondary N) is 1. The zero-order chi connectivity index (χ0) is 21.8. The van der Waals surface area contributed by atoms with Crippen molar-refractivity contribution in [3.63, 3.8) is 0 Å². The number of phenolic OH excluding ortho intramolecular Hbond substituents is 1. The predicted octanol–water partition coefficient (Wildman–Crippen LogP) is 4.32. The Balaban J connectivity index is 1.64. The largest absolute Gasteiger partial charge is 0.508 e. The molecule has 0 amide bonds.